The van der Waals surface area contributed by atoms with E-state index in [2.05, 4.69) is 0 Å². The SMILES string of the molecule is CC(=O)/C=C/c1ccccc1C=O. The van der Waals surface area contributed by atoms with Crippen molar-refractivity contribution in [2.24, 2.45) is 0 Å². The number of allylic oxidation sites excluding steroid dienone is 1. The molecular formula is C11H10O2. The van der Waals surface area contributed by atoms with Crippen molar-refractivity contribution >= 4 is 18.1 Å². The van der Waals surface area contributed by atoms with Crippen LogP contribution in [0.4, 0.5) is 0 Å². The van der Waals surface area contributed by atoms with Gasteiger partial charge in [-0.15, -0.1) is 0 Å². The van der Waals surface area contributed by atoms with Crippen LogP contribution >= 0.6 is 0 Å². The second-order valence-electron chi connectivity index (χ2n) is 2.69. The molecule has 0 aliphatic heterocycles. The summed E-state index contributed by atoms with van der Waals surface area (Å²) in [6.07, 6.45) is 3.87. The Labute approximate surface area is 76.9 Å². The van der Waals surface area contributed by atoms with Crippen molar-refractivity contribution in [1.82, 2.24) is 0 Å². The van der Waals surface area contributed by atoms with Gasteiger partial charge in [-0.2, -0.15) is 0 Å². The molecule has 66 valence electrons. The molecule has 0 atom stereocenters. The molecule has 2 heteroatoms. The van der Waals surface area contributed by atoms with Crippen molar-refractivity contribution in [3.8, 4) is 0 Å². The highest BCUT2D eigenvalue weighted by atomic mass is 16.1. The Kier molecular flexibility index (Phi) is 3.15. The summed E-state index contributed by atoms with van der Waals surface area (Å²) in [5, 5.41) is 0. The monoisotopic (exact) mass is 174 g/mol. The number of ketones is 1. The van der Waals surface area contributed by atoms with Crippen molar-refractivity contribution in [3.63, 3.8) is 0 Å². The minimum atomic E-state index is -0.0271. The topological polar surface area (TPSA) is 34.1 Å². The average Bonchev–Trinajstić information content (AvgIpc) is 2.15. The number of carbonyl (C=O) groups excluding carboxylic acids is 2. The van der Waals surface area contributed by atoms with Gasteiger partial charge in [0.05, 0.1) is 0 Å². The van der Waals surface area contributed by atoms with Gasteiger partial charge in [-0.25, -0.2) is 0 Å². The lowest BCUT2D eigenvalue weighted by molar-refractivity contribution is -0.112. The predicted octanol–water partition coefficient (Wildman–Crippen LogP) is 2.10. The first-order chi connectivity index (χ1) is 6.24. The van der Waals surface area contributed by atoms with Gasteiger partial charge in [0.15, 0.2) is 12.1 Å². The number of aldehydes is 1. The predicted molar refractivity (Wildman–Crippen MR) is 51.5 cm³/mol. The van der Waals surface area contributed by atoms with Crippen molar-refractivity contribution in [2.45, 2.75) is 6.92 Å². The molecule has 0 heterocycles. The molecule has 0 bridgehead atoms. The maximum atomic E-state index is 10.6. The van der Waals surface area contributed by atoms with E-state index in [1.54, 1.807) is 24.3 Å². The molecule has 0 radical (unpaired) electrons. The van der Waals surface area contributed by atoms with Crippen LogP contribution in [0.1, 0.15) is 22.8 Å². The van der Waals surface area contributed by atoms with Crippen molar-refractivity contribution < 1.29 is 9.59 Å². The largest absolute Gasteiger partial charge is 0.298 e. The Bertz CT molecular complexity index is 351. The zero-order valence-corrected chi connectivity index (χ0v) is 7.36. The van der Waals surface area contributed by atoms with Crippen LogP contribution in [-0.4, -0.2) is 12.1 Å². The van der Waals surface area contributed by atoms with Crippen LogP contribution in [0.5, 0.6) is 0 Å². The Hall–Kier alpha value is -1.70. The summed E-state index contributed by atoms with van der Waals surface area (Å²) in [4.78, 5) is 21.2. The van der Waals surface area contributed by atoms with Gasteiger partial charge in [-0.05, 0) is 18.6 Å². The van der Waals surface area contributed by atoms with Gasteiger partial charge in [0, 0.05) is 5.56 Å². The van der Waals surface area contributed by atoms with Crippen LogP contribution in [0, 0.1) is 0 Å². The van der Waals surface area contributed by atoms with Gasteiger partial charge in [0.1, 0.15) is 0 Å². The van der Waals surface area contributed by atoms with E-state index in [-0.39, 0.29) is 5.78 Å². The summed E-state index contributed by atoms with van der Waals surface area (Å²) in [6.45, 7) is 1.47. The second kappa shape index (κ2) is 4.36. The van der Waals surface area contributed by atoms with Gasteiger partial charge in [0.25, 0.3) is 0 Å². The Morgan fingerprint density at radius 2 is 1.85 bits per heavy atom. The summed E-state index contributed by atoms with van der Waals surface area (Å²) in [5.41, 5.74) is 1.37. The first kappa shape index (κ1) is 9.39. The molecule has 2 nitrogen and oxygen atoms in total. The fourth-order valence-electron chi connectivity index (χ4n) is 0.977. The molecule has 0 aliphatic rings. The molecule has 0 unspecified atom stereocenters. The lowest BCUT2D eigenvalue weighted by atomic mass is 10.1. The van der Waals surface area contributed by atoms with Crippen LogP contribution in [0.15, 0.2) is 30.3 Å². The molecule has 1 aromatic carbocycles. The lowest BCUT2D eigenvalue weighted by Crippen LogP contribution is -1.86. The maximum absolute atomic E-state index is 10.6. The Balaban J connectivity index is 3.00. The van der Waals surface area contributed by atoms with Crippen molar-refractivity contribution in [1.29, 1.82) is 0 Å². The first-order valence-electron chi connectivity index (χ1n) is 3.97. The molecule has 13 heavy (non-hydrogen) atoms. The van der Waals surface area contributed by atoms with E-state index in [9.17, 15) is 9.59 Å². The number of rotatable bonds is 3. The lowest BCUT2D eigenvalue weighted by Gasteiger charge is -1.95. The summed E-state index contributed by atoms with van der Waals surface area (Å²) < 4.78 is 0. The third kappa shape index (κ3) is 2.67. The van der Waals surface area contributed by atoms with Crippen LogP contribution in [0.2, 0.25) is 0 Å². The van der Waals surface area contributed by atoms with Crippen molar-refractivity contribution in [3.05, 3.63) is 41.5 Å². The molecule has 0 aromatic heterocycles. The Morgan fingerprint density at radius 1 is 1.23 bits per heavy atom. The minimum absolute atomic E-state index is 0.0271. The van der Waals surface area contributed by atoms with E-state index in [0.29, 0.717) is 5.56 Å². The van der Waals surface area contributed by atoms with E-state index < -0.39 is 0 Å². The number of hydrogen-bond donors (Lipinski definition) is 0. The number of benzene rings is 1. The standard InChI is InChI=1S/C11H10O2/c1-9(13)6-7-10-4-2-3-5-11(10)8-12/h2-8H,1H3/b7-6+. The van der Waals surface area contributed by atoms with E-state index in [0.717, 1.165) is 11.8 Å². The minimum Gasteiger partial charge on any atom is -0.298 e. The van der Waals surface area contributed by atoms with E-state index in [1.807, 2.05) is 6.07 Å². The molecule has 0 saturated carbocycles. The summed E-state index contributed by atoms with van der Waals surface area (Å²) in [5.74, 6) is -0.0271. The highest BCUT2D eigenvalue weighted by Gasteiger charge is 1.95. The number of hydrogen-bond acceptors (Lipinski definition) is 2. The number of carbonyl (C=O) groups is 2. The van der Waals surface area contributed by atoms with Gasteiger partial charge in [0.2, 0.25) is 0 Å². The van der Waals surface area contributed by atoms with E-state index in [4.69, 9.17) is 0 Å². The van der Waals surface area contributed by atoms with Crippen LogP contribution in [0.25, 0.3) is 6.08 Å². The maximum Gasteiger partial charge on any atom is 0.152 e. The van der Waals surface area contributed by atoms with Gasteiger partial charge in [-0.3, -0.25) is 9.59 Å². The molecule has 0 amide bonds. The second-order valence-corrected chi connectivity index (χ2v) is 2.69. The third-order valence-electron chi connectivity index (χ3n) is 1.62. The third-order valence-corrected chi connectivity index (χ3v) is 1.62. The molecule has 0 spiro atoms. The quantitative estimate of drug-likeness (QED) is 0.519. The van der Waals surface area contributed by atoms with Gasteiger partial charge >= 0.3 is 0 Å². The van der Waals surface area contributed by atoms with Crippen LogP contribution < -0.4 is 0 Å². The van der Waals surface area contributed by atoms with Gasteiger partial charge < -0.3 is 0 Å². The van der Waals surface area contributed by atoms with E-state index in [1.165, 1.54) is 13.0 Å². The highest BCUT2D eigenvalue weighted by molar-refractivity contribution is 5.93. The molecule has 1 rings (SSSR count). The molecule has 0 N–H and O–H groups in total. The summed E-state index contributed by atoms with van der Waals surface area (Å²) in [6, 6.07) is 7.12. The normalized spacial score (nSPS) is 10.2. The van der Waals surface area contributed by atoms with Crippen LogP contribution in [-0.2, 0) is 4.79 Å². The molecule has 1 aromatic rings. The first-order valence-corrected chi connectivity index (χ1v) is 3.97. The Morgan fingerprint density at radius 3 is 2.38 bits per heavy atom. The van der Waals surface area contributed by atoms with Crippen LogP contribution in [0.3, 0.4) is 0 Å². The zero-order chi connectivity index (χ0) is 9.68. The summed E-state index contributed by atoms with van der Waals surface area (Å²) in [7, 11) is 0. The fourth-order valence-corrected chi connectivity index (χ4v) is 0.977. The molecule has 0 fully saturated rings. The summed E-state index contributed by atoms with van der Waals surface area (Å²) >= 11 is 0. The zero-order valence-electron chi connectivity index (χ0n) is 7.36. The van der Waals surface area contributed by atoms with Crippen molar-refractivity contribution in [2.75, 3.05) is 0 Å². The molecule has 0 aliphatic carbocycles. The smallest absolute Gasteiger partial charge is 0.152 e. The fraction of sp³-hybridized carbons (Fsp3) is 0.0909. The molecule has 0 saturated heterocycles. The van der Waals surface area contributed by atoms with Gasteiger partial charge in [-0.1, -0.05) is 30.3 Å². The van der Waals surface area contributed by atoms with E-state index >= 15 is 0 Å². The highest BCUT2D eigenvalue weighted by Crippen LogP contribution is 2.07. The molecular weight excluding hydrogens is 164 g/mol. The average molecular weight is 174 g/mol.